The van der Waals surface area contributed by atoms with Crippen molar-refractivity contribution in [2.45, 2.75) is 32.9 Å². The molecular formula is C27H24FN3O3. The summed E-state index contributed by atoms with van der Waals surface area (Å²) in [7, 11) is 0. The molecule has 0 aliphatic carbocycles. The number of carbonyl (C=O) groups is 3. The fraction of sp³-hybridized carbons (Fsp3) is 0.222. The fourth-order valence-corrected chi connectivity index (χ4v) is 4.68. The van der Waals surface area contributed by atoms with Gasteiger partial charge >= 0.3 is 0 Å². The highest BCUT2D eigenvalue weighted by Crippen LogP contribution is 2.42. The highest BCUT2D eigenvalue weighted by atomic mass is 19.1. The Balaban J connectivity index is 1.58. The van der Waals surface area contributed by atoms with Gasteiger partial charge in [-0.3, -0.25) is 19.4 Å². The first-order valence-electron chi connectivity index (χ1n) is 11.1. The summed E-state index contributed by atoms with van der Waals surface area (Å²) in [6.07, 6.45) is 0. The second-order valence-corrected chi connectivity index (χ2v) is 8.95. The minimum atomic E-state index is -1.02. The van der Waals surface area contributed by atoms with Crippen LogP contribution in [0.25, 0.3) is 0 Å². The number of rotatable bonds is 3. The molecule has 2 aliphatic heterocycles. The van der Waals surface area contributed by atoms with Gasteiger partial charge in [-0.2, -0.15) is 0 Å². The van der Waals surface area contributed by atoms with Crippen LogP contribution in [0.4, 0.5) is 10.1 Å². The molecule has 0 radical (unpaired) electrons. The fourth-order valence-electron chi connectivity index (χ4n) is 4.68. The molecule has 34 heavy (non-hydrogen) atoms. The summed E-state index contributed by atoms with van der Waals surface area (Å²) < 4.78 is 13.6. The summed E-state index contributed by atoms with van der Waals surface area (Å²) >= 11 is 0. The van der Waals surface area contributed by atoms with E-state index in [1.165, 1.54) is 22.0 Å². The number of aryl methyl sites for hydroxylation is 3. The third kappa shape index (κ3) is 3.49. The lowest BCUT2D eigenvalue weighted by Crippen LogP contribution is -2.48. The van der Waals surface area contributed by atoms with Crippen LogP contribution in [0.15, 0.2) is 66.7 Å². The van der Waals surface area contributed by atoms with E-state index in [1.54, 1.807) is 36.4 Å². The molecule has 6 nitrogen and oxygen atoms in total. The quantitative estimate of drug-likeness (QED) is 0.604. The topological polar surface area (TPSA) is 69.7 Å². The Morgan fingerprint density at radius 3 is 2.18 bits per heavy atom. The first-order valence-corrected chi connectivity index (χ1v) is 11.1. The molecule has 3 amide bonds. The van der Waals surface area contributed by atoms with Crippen LogP contribution in [0, 0.1) is 32.5 Å². The monoisotopic (exact) mass is 457 g/mol. The minimum absolute atomic E-state index is 0.390. The largest absolute Gasteiger partial charge is 0.274 e. The lowest BCUT2D eigenvalue weighted by Gasteiger charge is -2.25. The Hall–Kier alpha value is -3.84. The van der Waals surface area contributed by atoms with Crippen LogP contribution in [-0.2, 0) is 9.59 Å². The first-order chi connectivity index (χ1) is 16.3. The van der Waals surface area contributed by atoms with Crippen LogP contribution in [-0.4, -0.2) is 28.8 Å². The zero-order valence-corrected chi connectivity index (χ0v) is 19.1. The van der Waals surface area contributed by atoms with Gasteiger partial charge in [0.2, 0.25) is 5.91 Å². The van der Waals surface area contributed by atoms with E-state index in [-0.39, 0.29) is 5.91 Å². The van der Waals surface area contributed by atoms with Crippen molar-refractivity contribution in [2.24, 2.45) is 5.92 Å². The van der Waals surface area contributed by atoms with E-state index in [4.69, 9.17) is 0 Å². The second kappa shape index (κ2) is 8.18. The molecule has 2 fully saturated rings. The Morgan fingerprint density at radius 1 is 0.853 bits per heavy atom. The number of imide groups is 1. The van der Waals surface area contributed by atoms with Crippen molar-refractivity contribution >= 4 is 23.4 Å². The molecule has 3 atom stereocenters. The Labute approximate surface area is 197 Å². The molecular weight excluding hydrogens is 433 g/mol. The number of carbonyl (C=O) groups excluding carboxylic acids is 3. The summed E-state index contributed by atoms with van der Waals surface area (Å²) in [5, 5.41) is 1.27. The van der Waals surface area contributed by atoms with Crippen molar-refractivity contribution in [1.29, 1.82) is 0 Å². The van der Waals surface area contributed by atoms with E-state index in [2.05, 4.69) is 5.43 Å². The highest BCUT2D eigenvalue weighted by Gasteiger charge is 2.60. The summed E-state index contributed by atoms with van der Waals surface area (Å²) in [5.74, 6) is -2.50. The molecule has 3 aromatic carbocycles. The van der Waals surface area contributed by atoms with Gasteiger partial charge in [0.1, 0.15) is 11.9 Å². The van der Waals surface area contributed by atoms with Gasteiger partial charge < -0.3 is 0 Å². The number of amides is 3. The van der Waals surface area contributed by atoms with Gasteiger partial charge in [0.15, 0.2) is 0 Å². The molecule has 172 valence electrons. The average Bonchev–Trinajstić information content (AvgIpc) is 3.33. The number of hydrogen-bond acceptors (Lipinski definition) is 4. The number of fused-ring (bicyclic) bond motifs is 1. The smallest absolute Gasteiger partial charge is 0.268 e. The van der Waals surface area contributed by atoms with Crippen molar-refractivity contribution in [3.63, 3.8) is 0 Å². The summed E-state index contributed by atoms with van der Waals surface area (Å²) in [6.45, 7) is 5.79. The van der Waals surface area contributed by atoms with Crippen LogP contribution in [0.2, 0.25) is 0 Å². The molecule has 2 saturated heterocycles. The van der Waals surface area contributed by atoms with Crippen molar-refractivity contribution in [1.82, 2.24) is 10.4 Å². The summed E-state index contributed by atoms with van der Waals surface area (Å²) in [5.41, 5.74) is 7.60. The van der Waals surface area contributed by atoms with Crippen LogP contribution in [0.5, 0.6) is 0 Å². The maximum atomic E-state index is 13.6. The number of hydrazine groups is 1. The molecule has 0 aromatic heterocycles. The first kappa shape index (κ1) is 22.0. The van der Waals surface area contributed by atoms with E-state index in [0.29, 0.717) is 16.8 Å². The summed E-state index contributed by atoms with van der Waals surface area (Å²) in [6, 6.07) is 16.5. The summed E-state index contributed by atoms with van der Waals surface area (Å²) in [4.78, 5) is 41.9. The van der Waals surface area contributed by atoms with E-state index < -0.39 is 35.6 Å². The van der Waals surface area contributed by atoms with Gasteiger partial charge in [0.05, 0.1) is 17.6 Å². The van der Waals surface area contributed by atoms with Crippen molar-refractivity contribution in [2.75, 3.05) is 4.90 Å². The van der Waals surface area contributed by atoms with Gasteiger partial charge in [-0.05, 0) is 73.9 Å². The van der Waals surface area contributed by atoms with Crippen LogP contribution in [0.1, 0.15) is 38.7 Å². The van der Waals surface area contributed by atoms with Crippen LogP contribution in [0.3, 0.4) is 0 Å². The third-order valence-electron chi connectivity index (χ3n) is 6.73. The van der Waals surface area contributed by atoms with Gasteiger partial charge in [-0.15, -0.1) is 0 Å². The van der Waals surface area contributed by atoms with E-state index in [1.807, 2.05) is 39.0 Å². The SMILES string of the molecule is Cc1ccc(C(=O)N2N[C@H](c3ccc(F)cc3)[C@@H]3C(=O)N(c4ccc(C)c(C)c4)C(=O)[C@H]32)cc1. The number of anilines is 1. The predicted molar refractivity (Wildman–Crippen MR) is 125 cm³/mol. The lowest BCUT2D eigenvalue weighted by atomic mass is 9.91. The van der Waals surface area contributed by atoms with Crippen LogP contribution < -0.4 is 10.3 Å². The number of halogens is 1. The zero-order chi connectivity index (χ0) is 24.1. The predicted octanol–water partition coefficient (Wildman–Crippen LogP) is 4.01. The maximum absolute atomic E-state index is 13.6. The van der Waals surface area contributed by atoms with Crippen LogP contribution >= 0.6 is 0 Å². The van der Waals surface area contributed by atoms with Gasteiger partial charge in [0, 0.05) is 5.56 Å². The van der Waals surface area contributed by atoms with Gasteiger partial charge in [-0.1, -0.05) is 35.9 Å². The number of nitrogens with zero attached hydrogens (tertiary/aromatic N) is 2. The molecule has 7 heteroatoms. The molecule has 1 N–H and O–H groups in total. The lowest BCUT2D eigenvalue weighted by molar-refractivity contribution is -0.123. The normalized spacial score (nSPS) is 21.8. The standard InChI is InChI=1S/C27H24FN3O3/c1-15-4-7-19(8-5-15)25(32)31-24-22(23(29-31)18-9-11-20(28)12-10-18)26(33)30(27(24)34)21-13-6-16(2)17(3)14-21/h4-14,22-24,29H,1-3H3/t22-,23+,24-/m0/s1. The molecule has 0 spiro atoms. The van der Waals surface area contributed by atoms with Crippen molar-refractivity contribution in [3.05, 3.63) is 100 Å². The third-order valence-corrected chi connectivity index (χ3v) is 6.73. The molecule has 2 aliphatic rings. The van der Waals surface area contributed by atoms with Gasteiger partial charge in [0.25, 0.3) is 11.8 Å². The van der Waals surface area contributed by atoms with E-state index in [0.717, 1.165) is 16.7 Å². The molecule has 2 heterocycles. The molecule has 5 rings (SSSR count). The second-order valence-electron chi connectivity index (χ2n) is 8.95. The minimum Gasteiger partial charge on any atom is -0.274 e. The Morgan fingerprint density at radius 2 is 1.53 bits per heavy atom. The molecule has 3 aromatic rings. The molecule has 0 saturated carbocycles. The number of nitrogens with one attached hydrogen (secondary N) is 1. The number of benzene rings is 3. The van der Waals surface area contributed by atoms with E-state index in [9.17, 15) is 18.8 Å². The van der Waals surface area contributed by atoms with E-state index >= 15 is 0 Å². The molecule has 0 bridgehead atoms. The Bertz CT molecular complexity index is 1300. The highest BCUT2D eigenvalue weighted by molar-refractivity contribution is 6.25. The van der Waals surface area contributed by atoms with Crippen molar-refractivity contribution < 1.29 is 18.8 Å². The van der Waals surface area contributed by atoms with Crippen molar-refractivity contribution in [3.8, 4) is 0 Å². The zero-order valence-electron chi connectivity index (χ0n) is 19.1. The Kier molecular flexibility index (Phi) is 5.29. The van der Waals surface area contributed by atoms with Gasteiger partial charge in [-0.25, -0.2) is 14.7 Å². The molecule has 0 unspecified atom stereocenters. The number of hydrogen-bond donors (Lipinski definition) is 1. The maximum Gasteiger partial charge on any atom is 0.268 e. The average molecular weight is 458 g/mol.